The second-order valence-corrected chi connectivity index (χ2v) is 1.95. The number of nitrogens with one attached hydrogen (secondary N) is 1. The monoisotopic (exact) mass is 169 g/mol. The summed E-state index contributed by atoms with van der Waals surface area (Å²) in [6.07, 6.45) is 0. The van der Waals surface area contributed by atoms with Gasteiger partial charge in [0, 0.05) is 0 Å². The molecular weight excluding hydrogens is 157 g/mol. The zero-order valence-corrected chi connectivity index (χ0v) is 6.51. The van der Waals surface area contributed by atoms with E-state index >= 15 is 0 Å². The van der Waals surface area contributed by atoms with Crippen molar-refractivity contribution in [3.63, 3.8) is 0 Å². The molecule has 12 heavy (non-hydrogen) atoms. The molecule has 7 N–H and O–H groups in total. The van der Waals surface area contributed by atoms with Gasteiger partial charge in [0.1, 0.15) is 0 Å². The van der Waals surface area contributed by atoms with Gasteiger partial charge in [0.25, 0.3) is 0 Å². The maximum Gasteiger partial charge on any atom is 0.488 e. The van der Waals surface area contributed by atoms with Crippen LogP contribution in [-0.4, -0.2) is 17.2 Å². The second kappa shape index (κ2) is 6.77. The minimum absolute atomic E-state index is 0.525. The second-order valence-electron chi connectivity index (χ2n) is 1.95. The van der Waals surface area contributed by atoms with E-state index in [1.54, 1.807) is 29.8 Å². The maximum atomic E-state index is 8.58. The number of benzene rings is 1. The van der Waals surface area contributed by atoms with Crippen molar-refractivity contribution in [3.8, 4) is 0 Å². The predicted molar refractivity (Wildman–Crippen MR) is 47.8 cm³/mol. The van der Waals surface area contributed by atoms with Crippen molar-refractivity contribution >= 4 is 12.6 Å². The van der Waals surface area contributed by atoms with Crippen LogP contribution in [0.4, 0.5) is 0 Å². The molecule has 0 aliphatic carbocycles. The Morgan fingerprint density at radius 1 is 1.08 bits per heavy atom. The topological polar surface area (TPSA) is 105 Å². The van der Waals surface area contributed by atoms with Crippen LogP contribution >= 0.6 is 0 Å². The van der Waals surface area contributed by atoms with Crippen molar-refractivity contribution in [1.82, 2.24) is 5.53 Å². The van der Waals surface area contributed by atoms with Gasteiger partial charge in [-0.15, -0.1) is 0 Å². The smallest absolute Gasteiger partial charge is 0.423 e. The molecule has 0 bridgehead atoms. The molecule has 0 fully saturated rings. The Bertz CT molecular complexity index is 195. The van der Waals surface area contributed by atoms with E-state index in [-0.39, 0.29) is 0 Å². The Hall–Kier alpha value is -0.915. The van der Waals surface area contributed by atoms with Crippen LogP contribution in [0, 0.1) is 0 Å². The number of hydrazine groups is 2. The van der Waals surface area contributed by atoms with E-state index in [1.807, 2.05) is 6.07 Å². The van der Waals surface area contributed by atoms with E-state index in [2.05, 4.69) is 11.7 Å². The van der Waals surface area contributed by atoms with Gasteiger partial charge in [0.15, 0.2) is 0 Å². The Labute approximate surface area is 71.1 Å². The molecule has 0 heterocycles. The van der Waals surface area contributed by atoms with E-state index in [9.17, 15) is 0 Å². The molecular formula is C6H12BN3O2. The number of hydrogen-bond donors (Lipinski definition) is 5. The molecule has 0 amide bonds. The van der Waals surface area contributed by atoms with Gasteiger partial charge in [-0.1, -0.05) is 30.3 Å². The van der Waals surface area contributed by atoms with Crippen LogP contribution in [0.5, 0.6) is 0 Å². The lowest BCUT2D eigenvalue weighted by Gasteiger charge is -1.94. The fourth-order valence-electron chi connectivity index (χ4n) is 0.625. The first-order valence-electron chi connectivity index (χ1n) is 3.29. The van der Waals surface area contributed by atoms with Gasteiger partial charge in [-0.05, 0) is 5.46 Å². The first kappa shape index (κ1) is 11.1. The number of nitrogens with two attached hydrogens (primary N) is 2. The van der Waals surface area contributed by atoms with Gasteiger partial charge in [-0.3, -0.25) is 11.7 Å². The highest BCUT2D eigenvalue weighted by atomic mass is 16.4. The minimum Gasteiger partial charge on any atom is -0.423 e. The molecule has 0 radical (unpaired) electrons. The van der Waals surface area contributed by atoms with Gasteiger partial charge in [-0.2, -0.15) is 5.53 Å². The fourth-order valence-corrected chi connectivity index (χ4v) is 0.625. The molecule has 0 aliphatic heterocycles. The summed E-state index contributed by atoms with van der Waals surface area (Å²) < 4.78 is 0. The largest absolute Gasteiger partial charge is 0.488 e. The first-order valence-corrected chi connectivity index (χ1v) is 3.29. The van der Waals surface area contributed by atoms with E-state index in [4.69, 9.17) is 10.0 Å². The molecule has 1 aromatic rings. The minimum atomic E-state index is -1.34. The Kier molecular flexibility index (Phi) is 6.26. The molecule has 0 spiro atoms. The molecule has 0 saturated heterocycles. The highest BCUT2D eigenvalue weighted by Gasteiger charge is 2.07. The van der Waals surface area contributed by atoms with Crippen LogP contribution in [0.2, 0.25) is 0 Å². The van der Waals surface area contributed by atoms with E-state index in [0.29, 0.717) is 5.46 Å². The lowest BCUT2D eigenvalue weighted by atomic mass is 9.81. The highest BCUT2D eigenvalue weighted by Crippen LogP contribution is 1.82. The summed E-state index contributed by atoms with van der Waals surface area (Å²) in [4.78, 5) is 0. The predicted octanol–water partition coefficient (Wildman–Crippen LogP) is -2.31. The average molecular weight is 169 g/mol. The highest BCUT2D eigenvalue weighted by molar-refractivity contribution is 6.58. The molecule has 6 heteroatoms. The van der Waals surface area contributed by atoms with Gasteiger partial charge in [0.2, 0.25) is 0 Å². The van der Waals surface area contributed by atoms with Crippen LogP contribution in [0.1, 0.15) is 0 Å². The summed E-state index contributed by atoms with van der Waals surface area (Å²) in [5, 5.41) is 17.2. The van der Waals surface area contributed by atoms with Gasteiger partial charge < -0.3 is 10.0 Å². The fraction of sp³-hybridized carbons (Fsp3) is 0. The van der Waals surface area contributed by atoms with Crippen LogP contribution in [-0.2, 0) is 0 Å². The number of hydrogen-bond acceptors (Lipinski definition) is 5. The maximum absolute atomic E-state index is 8.58. The van der Waals surface area contributed by atoms with E-state index < -0.39 is 7.12 Å². The van der Waals surface area contributed by atoms with Crippen molar-refractivity contribution in [1.29, 1.82) is 0 Å². The molecule has 1 rings (SSSR count). The molecule has 5 nitrogen and oxygen atoms in total. The summed E-state index contributed by atoms with van der Waals surface area (Å²) in [7, 11) is -1.34. The zero-order chi connectivity index (χ0) is 9.40. The molecule has 1 aromatic carbocycles. The molecule has 66 valence electrons. The van der Waals surface area contributed by atoms with E-state index in [0.717, 1.165) is 0 Å². The molecule has 0 unspecified atom stereocenters. The van der Waals surface area contributed by atoms with Crippen LogP contribution < -0.4 is 22.7 Å². The third-order valence-electron chi connectivity index (χ3n) is 1.10. The summed E-state index contributed by atoms with van der Waals surface area (Å²) in [5.74, 6) is 8.75. The lowest BCUT2D eigenvalue weighted by molar-refractivity contribution is 0.426. The lowest BCUT2D eigenvalue weighted by Crippen LogP contribution is -2.29. The number of rotatable bonds is 1. The Morgan fingerprint density at radius 2 is 1.50 bits per heavy atom. The normalized spacial score (nSPS) is 8.33. The first-order chi connectivity index (χ1) is 5.72. The van der Waals surface area contributed by atoms with Crippen LogP contribution in [0.3, 0.4) is 0 Å². The van der Waals surface area contributed by atoms with Gasteiger partial charge in [-0.25, -0.2) is 0 Å². The quantitative estimate of drug-likeness (QED) is 0.184. The average Bonchev–Trinajstić information content (AvgIpc) is 2.07. The molecule has 0 saturated carbocycles. The van der Waals surface area contributed by atoms with Gasteiger partial charge in [0.05, 0.1) is 0 Å². The summed E-state index contributed by atoms with van der Waals surface area (Å²) in [5.41, 5.74) is 2.28. The van der Waals surface area contributed by atoms with Crippen molar-refractivity contribution in [2.45, 2.75) is 0 Å². The Morgan fingerprint density at radius 3 is 1.75 bits per heavy atom. The van der Waals surface area contributed by atoms with Crippen LogP contribution in [0.15, 0.2) is 30.3 Å². The van der Waals surface area contributed by atoms with Crippen molar-refractivity contribution in [3.05, 3.63) is 30.3 Å². The zero-order valence-electron chi connectivity index (χ0n) is 6.51. The van der Waals surface area contributed by atoms with E-state index in [1.165, 1.54) is 0 Å². The van der Waals surface area contributed by atoms with Crippen molar-refractivity contribution in [2.24, 2.45) is 11.7 Å². The summed E-state index contributed by atoms with van der Waals surface area (Å²) in [6.45, 7) is 0. The Balaban J connectivity index is 0.000000354. The summed E-state index contributed by atoms with van der Waals surface area (Å²) >= 11 is 0. The van der Waals surface area contributed by atoms with Crippen molar-refractivity contribution in [2.75, 3.05) is 0 Å². The standard InChI is InChI=1S/C6H7BO2.H5N3/c8-7(9)6-4-2-1-3-5-6;1-3-2/h1-5,8-9H;3H,1-2H2. The summed E-state index contributed by atoms with van der Waals surface area (Å²) in [6, 6.07) is 8.66. The SMILES string of the molecule is NNN.OB(O)c1ccccc1. The molecule has 0 atom stereocenters. The molecule has 0 aromatic heterocycles. The third kappa shape index (κ3) is 4.83. The van der Waals surface area contributed by atoms with Crippen LogP contribution in [0.25, 0.3) is 0 Å². The van der Waals surface area contributed by atoms with Gasteiger partial charge >= 0.3 is 7.12 Å². The van der Waals surface area contributed by atoms with Crippen molar-refractivity contribution < 1.29 is 10.0 Å². The molecule has 0 aliphatic rings. The third-order valence-corrected chi connectivity index (χ3v) is 1.10.